The number of ether oxygens (including phenoxy) is 3. The van der Waals surface area contributed by atoms with Crippen molar-refractivity contribution < 1.29 is 28.9 Å². The molecule has 212 valence electrons. The van der Waals surface area contributed by atoms with Crippen molar-refractivity contribution >= 4 is 23.8 Å². The number of rotatable bonds is 11. The van der Waals surface area contributed by atoms with E-state index in [1.54, 1.807) is 18.7 Å². The number of hydrogen-bond acceptors (Lipinski definition) is 7. The van der Waals surface area contributed by atoms with Crippen molar-refractivity contribution in [2.24, 2.45) is 5.92 Å². The molecule has 3 aromatic rings. The van der Waals surface area contributed by atoms with Gasteiger partial charge in [0.1, 0.15) is 6.54 Å². The van der Waals surface area contributed by atoms with Crippen LogP contribution in [0.2, 0.25) is 0 Å². The lowest BCUT2D eigenvalue weighted by molar-refractivity contribution is -0.268. The molecule has 2 amide bonds. The Morgan fingerprint density at radius 1 is 0.900 bits per heavy atom. The minimum Gasteiger partial charge on any atom is -0.465 e. The van der Waals surface area contributed by atoms with Crippen LogP contribution in [0, 0.1) is 5.92 Å². The topological polar surface area (TPSA) is 106 Å². The van der Waals surface area contributed by atoms with E-state index in [4.69, 9.17) is 14.2 Å². The number of nitrogens with one attached hydrogen (secondary N) is 2. The van der Waals surface area contributed by atoms with Crippen LogP contribution in [0.4, 0.5) is 4.79 Å². The summed E-state index contributed by atoms with van der Waals surface area (Å²) in [5.41, 5.74) is 3.68. The third-order valence-electron chi connectivity index (χ3n) is 6.68. The van der Waals surface area contributed by atoms with E-state index in [-0.39, 0.29) is 37.9 Å². The molecule has 0 bridgehead atoms. The van der Waals surface area contributed by atoms with Crippen LogP contribution in [0.1, 0.15) is 48.5 Å². The van der Waals surface area contributed by atoms with Gasteiger partial charge in [-0.3, -0.25) is 4.79 Å². The summed E-state index contributed by atoms with van der Waals surface area (Å²) >= 11 is 1.76. The Morgan fingerprint density at radius 2 is 1.57 bits per heavy atom. The van der Waals surface area contributed by atoms with Gasteiger partial charge in [0.25, 0.3) is 0 Å². The molecule has 0 aliphatic carbocycles. The van der Waals surface area contributed by atoms with Crippen molar-refractivity contribution in [3.63, 3.8) is 0 Å². The molecule has 0 spiro atoms. The largest absolute Gasteiger partial charge is 0.465 e. The second-order valence-electron chi connectivity index (χ2n) is 9.53. The van der Waals surface area contributed by atoms with Crippen molar-refractivity contribution in [1.82, 2.24) is 10.6 Å². The number of thioether (sulfide) groups is 1. The SMILES string of the molecule is CCOC(=O)CNC(=O)NCc1ccc([C@H]2O[C@@H](CSc3ccccc3)[C@@H](C)[C@@H](c3ccc(CO)cc3)O2)cc1. The molecule has 0 saturated carbocycles. The van der Waals surface area contributed by atoms with Gasteiger partial charge in [-0.05, 0) is 35.7 Å². The number of esters is 1. The Balaban J connectivity index is 1.42. The number of benzene rings is 3. The lowest BCUT2D eigenvalue weighted by Crippen LogP contribution is -2.39. The molecule has 1 aliphatic heterocycles. The van der Waals surface area contributed by atoms with E-state index < -0.39 is 18.3 Å². The summed E-state index contributed by atoms with van der Waals surface area (Å²) in [6.07, 6.45) is -0.803. The first-order valence-electron chi connectivity index (χ1n) is 13.4. The smallest absolute Gasteiger partial charge is 0.325 e. The average Bonchev–Trinajstić information content (AvgIpc) is 2.99. The highest BCUT2D eigenvalue weighted by Gasteiger charge is 2.38. The van der Waals surface area contributed by atoms with E-state index >= 15 is 0 Å². The molecular formula is C31H36N2O6S. The molecule has 1 saturated heterocycles. The standard InChI is InChI=1S/C31H36N2O6S/c1-3-37-28(35)18-33-31(36)32-17-22-9-15-25(16-10-22)30-38-27(20-40-26-7-5-4-6-8-26)21(2)29(39-30)24-13-11-23(19-34)12-14-24/h4-16,21,27,29-30,34H,3,17-20H2,1-2H3,(H2,32,33,36)/t21-,27+,29+,30+/m1/s1. The van der Waals surface area contributed by atoms with E-state index in [1.807, 2.05) is 66.7 Å². The summed E-state index contributed by atoms with van der Waals surface area (Å²) in [7, 11) is 0. The number of aliphatic hydroxyl groups is 1. The predicted molar refractivity (Wildman–Crippen MR) is 153 cm³/mol. The highest BCUT2D eigenvalue weighted by Crippen LogP contribution is 2.43. The third kappa shape index (κ3) is 8.32. The van der Waals surface area contributed by atoms with E-state index in [2.05, 4.69) is 29.7 Å². The first-order chi connectivity index (χ1) is 19.5. The maximum atomic E-state index is 12.0. The minimum absolute atomic E-state index is 0.00229. The second kappa shape index (κ2) is 14.9. The van der Waals surface area contributed by atoms with E-state index in [1.165, 1.54) is 4.90 Å². The number of carbonyl (C=O) groups is 2. The molecule has 0 unspecified atom stereocenters. The Hall–Kier alpha value is -3.37. The van der Waals surface area contributed by atoms with E-state index in [0.717, 1.165) is 28.0 Å². The fourth-order valence-corrected chi connectivity index (χ4v) is 5.50. The van der Waals surface area contributed by atoms with Crippen molar-refractivity contribution in [3.8, 4) is 0 Å². The molecule has 1 heterocycles. The molecule has 8 nitrogen and oxygen atoms in total. The lowest BCUT2D eigenvalue weighted by atomic mass is 9.91. The van der Waals surface area contributed by atoms with Crippen LogP contribution in [0.5, 0.6) is 0 Å². The minimum atomic E-state index is -0.560. The molecule has 1 fully saturated rings. The zero-order valence-electron chi connectivity index (χ0n) is 22.7. The molecule has 0 aromatic heterocycles. The van der Waals surface area contributed by atoms with Crippen molar-refractivity contribution in [2.75, 3.05) is 18.9 Å². The molecule has 3 N–H and O–H groups in total. The van der Waals surface area contributed by atoms with Crippen molar-refractivity contribution in [1.29, 1.82) is 0 Å². The third-order valence-corrected chi connectivity index (χ3v) is 7.79. The molecule has 0 radical (unpaired) electrons. The van der Waals surface area contributed by atoms with Gasteiger partial charge in [-0.1, -0.05) is 73.7 Å². The molecule has 9 heteroatoms. The van der Waals surface area contributed by atoms with Gasteiger partial charge < -0.3 is 30.0 Å². The Kier molecular flexibility index (Phi) is 11.0. The number of aliphatic hydroxyl groups excluding tert-OH is 1. The highest BCUT2D eigenvalue weighted by atomic mass is 32.2. The fraction of sp³-hybridized carbons (Fsp3) is 0.355. The Bertz CT molecular complexity index is 1220. The average molecular weight is 565 g/mol. The summed E-state index contributed by atoms with van der Waals surface area (Å²) in [5.74, 6) is 0.398. The van der Waals surface area contributed by atoms with Gasteiger partial charge in [-0.25, -0.2) is 4.79 Å². The first kappa shape index (κ1) is 29.6. The second-order valence-corrected chi connectivity index (χ2v) is 10.6. The maximum absolute atomic E-state index is 12.0. The van der Waals surface area contributed by atoms with Crippen LogP contribution in [-0.2, 0) is 32.2 Å². The van der Waals surface area contributed by atoms with Gasteiger partial charge in [0.05, 0.1) is 25.4 Å². The normalized spacial score (nSPS) is 20.5. The monoisotopic (exact) mass is 564 g/mol. The zero-order chi connectivity index (χ0) is 28.3. The summed E-state index contributed by atoms with van der Waals surface area (Å²) in [6.45, 7) is 4.25. The molecule has 4 rings (SSSR count). The zero-order valence-corrected chi connectivity index (χ0v) is 23.6. The van der Waals surface area contributed by atoms with Crippen LogP contribution >= 0.6 is 11.8 Å². The van der Waals surface area contributed by atoms with Gasteiger partial charge in [0.2, 0.25) is 0 Å². The Morgan fingerprint density at radius 3 is 2.25 bits per heavy atom. The number of hydrogen-bond donors (Lipinski definition) is 3. The molecule has 3 aromatic carbocycles. The van der Waals surface area contributed by atoms with Crippen LogP contribution in [0.25, 0.3) is 0 Å². The molecular weight excluding hydrogens is 528 g/mol. The fourth-order valence-electron chi connectivity index (χ4n) is 4.41. The van der Waals surface area contributed by atoms with Crippen LogP contribution in [-0.4, -0.2) is 42.1 Å². The summed E-state index contributed by atoms with van der Waals surface area (Å²) < 4.78 is 17.8. The van der Waals surface area contributed by atoms with Gasteiger partial charge in [0, 0.05) is 28.7 Å². The van der Waals surface area contributed by atoms with Gasteiger partial charge in [-0.2, -0.15) is 0 Å². The van der Waals surface area contributed by atoms with E-state index in [9.17, 15) is 14.7 Å². The molecule has 40 heavy (non-hydrogen) atoms. The van der Waals surface area contributed by atoms with Crippen molar-refractivity contribution in [3.05, 3.63) is 101 Å². The highest BCUT2D eigenvalue weighted by molar-refractivity contribution is 7.99. The summed E-state index contributed by atoms with van der Waals surface area (Å²) in [6, 6.07) is 25.4. The van der Waals surface area contributed by atoms with Crippen LogP contribution in [0.3, 0.4) is 0 Å². The molecule has 4 atom stereocenters. The van der Waals surface area contributed by atoms with Gasteiger partial charge in [-0.15, -0.1) is 11.8 Å². The lowest BCUT2D eigenvalue weighted by Gasteiger charge is -2.41. The Labute approximate surface area is 239 Å². The number of carbonyl (C=O) groups excluding carboxylic acids is 2. The van der Waals surface area contributed by atoms with Gasteiger partial charge >= 0.3 is 12.0 Å². The number of amides is 2. The van der Waals surface area contributed by atoms with E-state index in [0.29, 0.717) is 6.54 Å². The predicted octanol–water partition coefficient (Wildman–Crippen LogP) is 5.12. The molecule has 1 aliphatic rings. The van der Waals surface area contributed by atoms with Gasteiger partial charge in [0.15, 0.2) is 6.29 Å². The first-order valence-corrected chi connectivity index (χ1v) is 14.4. The van der Waals surface area contributed by atoms with Crippen LogP contribution < -0.4 is 10.6 Å². The maximum Gasteiger partial charge on any atom is 0.325 e. The van der Waals surface area contributed by atoms with Crippen LogP contribution in [0.15, 0.2) is 83.8 Å². The number of urea groups is 1. The quantitative estimate of drug-likeness (QED) is 0.219. The summed E-state index contributed by atoms with van der Waals surface area (Å²) in [5, 5.41) is 14.7. The summed E-state index contributed by atoms with van der Waals surface area (Å²) in [4.78, 5) is 24.6. The van der Waals surface area contributed by atoms with Crippen molar-refractivity contribution in [2.45, 2.75) is 50.4 Å².